The van der Waals surface area contributed by atoms with Gasteiger partial charge in [-0.15, -0.1) is 0 Å². The lowest BCUT2D eigenvalue weighted by molar-refractivity contribution is 0.0909. The SMILES string of the molecule is CC1=CC(c2oc(C(=O)NC(CN)Cc3ccccc3)cc2Br)=CC=NC1. The van der Waals surface area contributed by atoms with Gasteiger partial charge in [0.2, 0.25) is 0 Å². The van der Waals surface area contributed by atoms with E-state index < -0.39 is 0 Å². The van der Waals surface area contributed by atoms with Gasteiger partial charge in [0, 0.05) is 30.4 Å². The molecule has 2 heterocycles. The highest BCUT2D eigenvalue weighted by molar-refractivity contribution is 9.10. The van der Waals surface area contributed by atoms with Gasteiger partial charge in [-0.2, -0.15) is 0 Å². The molecule has 1 aliphatic heterocycles. The number of allylic oxidation sites excluding steroid dienone is 3. The van der Waals surface area contributed by atoms with E-state index >= 15 is 0 Å². The van der Waals surface area contributed by atoms with E-state index in [0.717, 1.165) is 21.2 Å². The fourth-order valence-electron chi connectivity index (χ4n) is 2.86. The minimum atomic E-state index is -0.281. The lowest BCUT2D eigenvalue weighted by Crippen LogP contribution is -2.41. The topological polar surface area (TPSA) is 80.6 Å². The van der Waals surface area contributed by atoms with Crippen LogP contribution in [0.25, 0.3) is 5.57 Å². The highest BCUT2D eigenvalue weighted by Gasteiger charge is 2.20. The Labute approximate surface area is 167 Å². The predicted octanol–water partition coefficient (Wildman–Crippen LogP) is 3.76. The number of nitrogens with zero attached hydrogens (tertiary/aromatic N) is 1. The van der Waals surface area contributed by atoms with Crippen LogP contribution in [0.4, 0.5) is 0 Å². The number of halogens is 1. The number of amides is 1. The van der Waals surface area contributed by atoms with Crippen molar-refractivity contribution in [2.75, 3.05) is 13.1 Å². The Bertz CT molecular complexity index is 897. The Morgan fingerprint density at radius 1 is 1.37 bits per heavy atom. The van der Waals surface area contributed by atoms with Crippen LogP contribution in [0.1, 0.15) is 28.8 Å². The molecular formula is C21H22BrN3O2. The minimum absolute atomic E-state index is 0.168. The Hall–Kier alpha value is -2.44. The van der Waals surface area contributed by atoms with E-state index in [0.29, 0.717) is 25.3 Å². The van der Waals surface area contributed by atoms with Crippen molar-refractivity contribution in [2.24, 2.45) is 10.7 Å². The molecular weight excluding hydrogens is 406 g/mol. The van der Waals surface area contributed by atoms with Gasteiger partial charge < -0.3 is 15.5 Å². The van der Waals surface area contributed by atoms with Crippen LogP contribution in [0.15, 0.2) is 68.0 Å². The van der Waals surface area contributed by atoms with Crippen molar-refractivity contribution in [3.63, 3.8) is 0 Å². The average molecular weight is 428 g/mol. The molecule has 0 fully saturated rings. The van der Waals surface area contributed by atoms with Crippen LogP contribution in [0.3, 0.4) is 0 Å². The molecule has 3 N–H and O–H groups in total. The number of benzene rings is 1. The molecule has 1 unspecified atom stereocenters. The molecule has 0 aliphatic carbocycles. The van der Waals surface area contributed by atoms with Gasteiger partial charge in [-0.05, 0) is 40.9 Å². The Morgan fingerprint density at radius 2 is 2.15 bits per heavy atom. The van der Waals surface area contributed by atoms with Crippen LogP contribution < -0.4 is 11.1 Å². The van der Waals surface area contributed by atoms with E-state index in [1.807, 2.05) is 49.4 Å². The molecule has 1 aromatic carbocycles. The van der Waals surface area contributed by atoms with Crippen LogP contribution in [0, 0.1) is 0 Å². The van der Waals surface area contributed by atoms with Gasteiger partial charge in [0.15, 0.2) is 5.76 Å². The monoisotopic (exact) mass is 427 g/mol. The number of hydrogen-bond acceptors (Lipinski definition) is 4. The molecule has 5 nitrogen and oxygen atoms in total. The Kier molecular flexibility index (Phi) is 6.42. The fraction of sp³-hybridized carbons (Fsp3) is 0.238. The summed E-state index contributed by atoms with van der Waals surface area (Å²) in [4.78, 5) is 16.9. The highest BCUT2D eigenvalue weighted by atomic mass is 79.9. The molecule has 1 atom stereocenters. The third-order valence-corrected chi connectivity index (χ3v) is 4.81. The second kappa shape index (κ2) is 8.97. The summed E-state index contributed by atoms with van der Waals surface area (Å²) in [6, 6.07) is 11.5. The standard InChI is InChI=1S/C21H22BrN3O2/c1-14-9-16(7-8-24-13-14)20-18(22)11-19(27-20)21(26)25-17(12-23)10-15-5-3-2-4-6-15/h2-9,11,17H,10,12-13,23H2,1H3,(H,25,26). The summed E-state index contributed by atoms with van der Waals surface area (Å²) >= 11 is 3.49. The van der Waals surface area contributed by atoms with Gasteiger partial charge in [0.1, 0.15) is 5.76 Å². The summed E-state index contributed by atoms with van der Waals surface area (Å²) in [5.41, 5.74) is 8.96. The summed E-state index contributed by atoms with van der Waals surface area (Å²) in [6.45, 7) is 3.01. The first-order valence-corrected chi connectivity index (χ1v) is 9.58. The molecule has 1 amide bonds. The average Bonchev–Trinajstić information content (AvgIpc) is 2.93. The van der Waals surface area contributed by atoms with Crippen molar-refractivity contribution in [3.8, 4) is 0 Å². The zero-order chi connectivity index (χ0) is 19.2. The van der Waals surface area contributed by atoms with Gasteiger partial charge in [0.25, 0.3) is 5.91 Å². The lowest BCUT2D eigenvalue weighted by atomic mass is 10.1. The molecule has 2 aromatic rings. The molecule has 3 rings (SSSR count). The number of nitrogens with two attached hydrogens (primary N) is 1. The second-order valence-electron chi connectivity index (χ2n) is 6.49. The molecule has 0 spiro atoms. The van der Waals surface area contributed by atoms with Gasteiger partial charge in [0.05, 0.1) is 11.0 Å². The molecule has 6 heteroatoms. The number of nitrogens with one attached hydrogen (secondary N) is 1. The number of furan rings is 1. The van der Waals surface area contributed by atoms with Crippen LogP contribution in [0.2, 0.25) is 0 Å². The van der Waals surface area contributed by atoms with Gasteiger partial charge in [-0.1, -0.05) is 42.0 Å². The van der Waals surface area contributed by atoms with Gasteiger partial charge in [-0.25, -0.2) is 0 Å². The quantitative estimate of drug-likeness (QED) is 0.736. The first-order chi connectivity index (χ1) is 13.1. The fourth-order valence-corrected chi connectivity index (χ4v) is 3.37. The molecule has 1 aliphatic rings. The van der Waals surface area contributed by atoms with E-state index in [9.17, 15) is 4.79 Å². The first-order valence-electron chi connectivity index (χ1n) is 8.78. The number of hydrogen-bond donors (Lipinski definition) is 2. The van der Waals surface area contributed by atoms with Crippen LogP contribution in [-0.2, 0) is 6.42 Å². The molecule has 1 aromatic heterocycles. The van der Waals surface area contributed by atoms with Crippen molar-refractivity contribution >= 4 is 33.6 Å². The van der Waals surface area contributed by atoms with Crippen molar-refractivity contribution in [1.82, 2.24) is 5.32 Å². The number of carbonyl (C=O) groups is 1. The Balaban J connectivity index is 1.74. The predicted molar refractivity (Wildman–Crippen MR) is 112 cm³/mol. The highest BCUT2D eigenvalue weighted by Crippen LogP contribution is 2.30. The van der Waals surface area contributed by atoms with Gasteiger partial charge in [-0.3, -0.25) is 9.79 Å². The number of rotatable bonds is 6. The summed E-state index contributed by atoms with van der Waals surface area (Å²) in [6.07, 6.45) is 6.30. The molecule has 0 bridgehead atoms. The summed E-state index contributed by atoms with van der Waals surface area (Å²) < 4.78 is 6.57. The zero-order valence-electron chi connectivity index (χ0n) is 15.1. The number of aliphatic imine (C=N–C) groups is 1. The summed E-state index contributed by atoms with van der Waals surface area (Å²) in [7, 11) is 0. The molecule has 0 radical (unpaired) electrons. The Morgan fingerprint density at radius 3 is 2.89 bits per heavy atom. The van der Waals surface area contributed by atoms with Gasteiger partial charge >= 0.3 is 0 Å². The molecule has 0 saturated heterocycles. The van der Waals surface area contributed by atoms with Crippen LogP contribution in [0.5, 0.6) is 0 Å². The largest absolute Gasteiger partial charge is 0.450 e. The maximum atomic E-state index is 12.6. The van der Waals surface area contributed by atoms with Crippen molar-refractivity contribution in [1.29, 1.82) is 0 Å². The first kappa shape index (κ1) is 19.3. The summed E-state index contributed by atoms with van der Waals surface area (Å²) in [5, 5.41) is 2.96. The number of carbonyl (C=O) groups excluding carboxylic acids is 1. The van der Waals surface area contributed by atoms with E-state index in [2.05, 4.69) is 26.2 Å². The summed E-state index contributed by atoms with van der Waals surface area (Å²) in [5.74, 6) is 0.577. The third-order valence-electron chi connectivity index (χ3n) is 4.22. The second-order valence-corrected chi connectivity index (χ2v) is 7.34. The van der Waals surface area contributed by atoms with Crippen molar-refractivity contribution in [2.45, 2.75) is 19.4 Å². The smallest absolute Gasteiger partial charge is 0.287 e. The van der Waals surface area contributed by atoms with E-state index in [-0.39, 0.29) is 17.7 Å². The normalized spacial score (nSPS) is 14.9. The maximum absolute atomic E-state index is 12.6. The van der Waals surface area contributed by atoms with E-state index in [1.165, 1.54) is 0 Å². The molecule has 140 valence electrons. The maximum Gasteiger partial charge on any atom is 0.287 e. The van der Waals surface area contributed by atoms with Crippen molar-refractivity contribution in [3.05, 3.63) is 75.7 Å². The van der Waals surface area contributed by atoms with E-state index in [4.69, 9.17) is 10.2 Å². The van der Waals surface area contributed by atoms with Crippen LogP contribution >= 0.6 is 15.9 Å². The minimum Gasteiger partial charge on any atom is -0.450 e. The third kappa shape index (κ3) is 5.05. The van der Waals surface area contributed by atoms with Crippen molar-refractivity contribution < 1.29 is 9.21 Å². The van der Waals surface area contributed by atoms with Crippen LogP contribution in [-0.4, -0.2) is 31.3 Å². The molecule has 27 heavy (non-hydrogen) atoms. The van der Waals surface area contributed by atoms with E-state index in [1.54, 1.807) is 12.3 Å². The zero-order valence-corrected chi connectivity index (χ0v) is 16.7. The lowest BCUT2D eigenvalue weighted by Gasteiger charge is -2.16. The molecule has 0 saturated carbocycles.